The van der Waals surface area contributed by atoms with E-state index < -0.39 is 0 Å². The summed E-state index contributed by atoms with van der Waals surface area (Å²) in [5, 5.41) is 4.74. The highest BCUT2D eigenvalue weighted by atomic mass is 35.5. The van der Waals surface area contributed by atoms with Gasteiger partial charge in [0.25, 0.3) is 0 Å². The zero-order chi connectivity index (χ0) is 21.2. The highest BCUT2D eigenvalue weighted by Crippen LogP contribution is 2.33. The van der Waals surface area contributed by atoms with E-state index in [-0.39, 0.29) is 0 Å². The Kier molecular flexibility index (Phi) is 9.56. The molecule has 0 amide bonds. The van der Waals surface area contributed by atoms with Crippen molar-refractivity contribution in [3.05, 3.63) is 57.6 Å². The number of hydrogen-bond acceptors (Lipinski definition) is 5. The molecule has 0 aliphatic carbocycles. The van der Waals surface area contributed by atoms with Crippen molar-refractivity contribution >= 4 is 23.2 Å². The standard InChI is InChI=1S/C23H30Cl2N2O3/c1-2-29-22-6-3-5-18(16-26-9-4-10-27-11-13-28-14-12-27)23(22)30-17-19-7-8-20(24)15-21(19)25/h3,5-8,15,26H,2,4,9-14,16-17H2,1H3. The summed E-state index contributed by atoms with van der Waals surface area (Å²) in [6.45, 7) is 9.39. The van der Waals surface area contributed by atoms with Crippen molar-refractivity contribution < 1.29 is 14.2 Å². The Labute approximate surface area is 189 Å². The van der Waals surface area contributed by atoms with Gasteiger partial charge in [0.05, 0.1) is 19.8 Å². The summed E-state index contributed by atoms with van der Waals surface area (Å²) in [6.07, 6.45) is 1.10. The van der Waals surface area contributed by atoms with Crippen LogP contribution in [0.25, 0.3) is 0 Å². The van der Waals surface area contributed by atoms with Gasteiger partial charge in [0.15, 0.2) is 11.5 Å². The minimum atomic E-state index is 0.351. The first-order valence-corrected chi connectivity index (χ1v) is 11.2. The molecular weight excluding hydrogens is 423 g/mol. The van der Waals surface area contributed by atoms with E-state index in [0.29, 0.717) is 29.8 Å². The molecule has 0 bridgehead atoms. The lowest BCUT2D eigenvalue weighted by Crippen LogP contribution is -2.37. The van der Waals surface area contributed by atoms with Gasteiger partial charge in [0.2, 0.25) is 0 Å². The van der Waals surface area contributed by atoms with E-state index in [1.54, 1.807) is 6.07 Å². The van der Waals surface area contributed by atoms with Crippen molar-refractivity contribution in [2.24, 2.45) is 0 Å². The number of para-hydroxylation sites is 1. The van der Waals surface area contributed by atoms with E-state index in [1.807, 2.05) is 31.2 Å². The minimum absolute atomic E-state index is 0.351. The lowest BCUT2D eigenvalue weighted by atomic mass is 10.1. The summed E-state index contributed by atoms with van der Waals surface area (Å²) >= 11 is 12.3. The molecule has 0 aromatic heterocycles. The molecule has 2 aromatic carbocycles. The van der Waals surface area contributed by atoms with Crippen LogP contribution in [0, 0.1) is 0 Å². The molecule has 5 nitrogen and oxygen atoms in total. The van der Waals surface area contributed by atoms with Crippen LogP contribution in [0.3, 0.4) is 0 Å². The molecule has 164 valence electrons. The van der Waals surface area contributed by atoms with Gasteiger partial charge in [-0.25, -0.2) is 0 Å². The molecule has 1 aliphatic rings. The second kappa shape index (κ2) is 12.4. The highest BCUT2D eigenvalue weighted by Gasteiger charge is 2.13. The number of nitrogens with zero attached hydrogens (tertiary/aromatic N) is 1. The van der Waals surface area contributed by atoms with Crippen LogP contribution in [0.15, 0.2) is 36.4 Å². The highest BCUT2D eigenvalue weighted by molar-refractivity contribution is 6.35. The summed E-state index contributed by atoms with van der Waals surface area (Å²) in [7, 11) is 0. The summed E-state index contributed by atoms with van der Waals surface area (Å²) in [4.78, 5) is 2.45. The van der Waals surface area contributed by atoms with Gasteiger partial charge in [-0.05, 0) is 44.6 Å². The molecule has 7 heteroatoms. The van der Waals surface area contributed by atoms with E-state index in [9.17, 15) is 0 Å². The van der Waals surface area contributed by atoms with E-state index >= 15 is 0 Å². The topological polar surface area (TPSA) is 43.0 Å². The van der Waals surface area contributed by atoms with Crippen molar-refractivity contribution in [2.75, 3.05) is 46.0 Å². The van der Waals surface area contributed by atoms with Crippen molar-refractivity contribution in [2.45, 2.75) is 26.5 Å². The van der Waals surface area contributed by atoms with Crippen molar-refractivity contribution in [3.8, 4) is 11.5 Å². The molecule has 0 spiro atoms. The number of nitrogens with one attached hydrogen (secondary N) is 1. The van der Waals surface area contributed by atoms with Crippen LogP contribution in [0.5, 0.6) is 11.5 Å². The van der Waals surface area contributed by atoms with Crippen LogP contribution < -0.4 is 14.8 Å². The molecule has 30 heavy (non-hydrogen) atoms. The summed E-state index contributed by atoms with van der Waals surface area (Å²) in [5.41, 5.74) is 1.95. The quantitative estimate of drug-likeness (QED) is 0.496. The third-order valence-corrected chi connectivity index (χ3v) is 5.58. The largest absolute Gasteiger partial charge is 0.490 e. The lowest BCUT2D eigenvalue weighted by molar-refractivity contribution is 0.0374. The maximum Gasteiger partial charge on any atom is 0.166 e. The van der Waals surface area contributed by atoms with Crippen LogP contribution in [0.4, 0.5) is 0 Å². The zero-order valence-electron chi connectivity index (χ0n) is 17.5. The normalized spacial score (nSPS) is 14.6. The predicted octanol–water partition coefficient (Wildman–Crippen LogP) is 4.78. The molecule has 1 N–H and O–H groups in total. The molecule has 2 aromatic rings. The average molecular weight is 453 g/mol. The Balaban J connectivity index is 1.57. The van der Waals surface area contributed by atoms with Crippen LogP contribution >= 0.6 is 23.2 Å². The van der Waals surface area contributed by atoms with Crippen LogP contribution in [-0.2, 0) is 17.9 Å². The Hall–Kier alpha value is -1.50. The average Bonchev–Trinajstić information content (AvgIpc) is 2.75. The van der Waals surface area contributed by atoms with E-state index in [1.165, 1.54) is 0 Å². The Morgan fingerprint density at radius 3 is 2.67 bits per heavy atom. The van der Waals surface area contributed by atoms with Gasteiger partial charge >= 0.3 is 0 Å². The molecule has 3 rings (SSSR count). The first-order chi connectivity index (χ1) is 14.7. The lowest BCUT2D eigenvalue weighted by Gasteiger charge is -2.26. The third-order valence-electron chi connectivity index (χ3n) is 4.99. The van der Waals surface area contributed by atoms with Crippen molar-refractivity contribution in [1.82, 2.24) is 10.2 Å². The maximum absolute atomic E-state index is 6.30. The molecule has 1 aliphatic heterocycles. The maximum atomic E-state index is 6.30. The van der Waals surface area contributed by atoms with Gasteiger partial charge in [0, 0.05) is 40.8 Å². The summed E-state index contributed by atoms with van der Waals surface area (Å²) in [5.74, 6) is 1.50. The van der Waals surface area contributed by atoms with Gasteiger partial charge in [-0.3, -0.25) is 4.90 Å². The Bertz CT molecular complexity index is 798. The van der Waals surface area contributed by atoms with E-state index in [4.69, 9.17) is 37.4 Å². The fourth-order valence-electron chi connectivity index (χ4n) is 3.40. The van der Waals surface area contributed by atoms with Crippen LogP contribution in [0.1, 0.15) is 24.5 Å². The molecule has 0 radical (unpaired) electrons. The van der Waals surface area contributed by atoms with Crippen LogP contribution in [0.2, 0.25) is 10.0 Å². The Morgan fingerprint density at radius 2 is 1.90 bits per heavy atom. The van der Waals surface area contributed by atoms with Crippen molar-refractivity contribution in [3.63, 3.8) is 0 Å². The van der Waals surface area contributed by atoms with Gasteiger partial charge in [0.1, 0.15) is 6.61 Å². The van der Waals surface area contributed by atoms with Gasteiger partial charge in [-0.15, -0.1) is 0 Å². The second-order valence-electron chi connectivity index (χ2n) is 7.19. The van der Waals surface area contributed by atoms with Crippen LogP contribution in [-0.4, -0.2) is 50.9 Å². The van der Waals surface area contributed by atoms with Gasteiger partial charge in [-0.1, -0.05) is 41.4 Å². The molecule has 1 saturated heterocycles. The first kappa shape index (κ1) is 23.2. The molecule has 0 atom stereocenters. The number of halogens is 2. The summed E-state index contributed by atoms with van der Waals surface area (Å²) < 4.78 is 17.4. The SMILES string of the molecule is CCOc1cccc(CNCCCN2CCOCC2)c1OCc1ccc(Cl)cc1Cl. The fourth-order valence-corrected chi connectivity index (χ4v) is 3.86. The minimum Gasteiger partial charge on any atom is -0.490 e. The Morgan fingerprint density at radius 1 is 1.07 bits per heavy atom. The number of morpholine rings is 1. The molecule has 1 fully saturated rings. The van der Waals surface area contributed by atoms with Gasteiger partial charge in [-0.2, -0.15) is 0 Å². The number of benzene rings is 2. The fraction of sp³-hybridized carbons (Fsp3) is 0.478. The number of rotatable bonds is 11. The zero-order valence-corrected chi connectivity index (χ0v) is 19.0. The second-order valence-corrected chi connectivity index (χ2v) is 8.03. The number of hydrogen-bond donors (Lipinski definition) is 1. The molecular formula is C23H30Cl2N2O3. The summed E-state index contributed by atoms with van der Waals surface area (Å²) in [6, 6.07) is 11.4. The monoisotopic (exact) mass is 452 g/mol. The smallest absolute Gasteiger partial charge is 0.166 e. The van der Waals surface area contributed by atoms with Gasteiger partial charge < -0.3 is 19.5 Å². The predicted molar refractivity (Wildman–Crippen MR) is 122 cm³/mol. The van der Waals surface area contributed by atoms with E-state index in [2.05, 4.69) is 16.3 Å². The number of ether oxygens (including phenoxy) is 3. The van der Waals surface area contributed by atoms with E-state index in [0.717, 1.165) is 68.4 Å². The van der Waals surface area contributed by atoms with Crippen molar-refractivity contribution in [1.29, 1.82) is 0 Å². The molecule has 0 unspecified atom stereocenters. The molecule has 0 saturated carbocycles. The molecule has 1 heterocycles. The third kappa shape index (κ3) is 7.03. The first-order valence-electron chi connectivity index (χ1n) is 10.5.